The van der Waals surface area contributed by atoms with Gasteiger partial charge in [0.05, 0.1) is 16.8 Å². The Labute approximate surface area is 101 Å². The number of amides is 1. The highest BCUT2D eigenvalue weighted by atomic mass is 35.5. The van der Waals surface area contributed by atoms with Crippen LogP contribution in [-0.2, 0) is 4.79 Å². The third-order valence-electron chi connectivity index (χ3n) is 2.41. The number of rotatable bonds is 4. The number of benzene rings is 1. The van der Waals surface area contributed by atoms with Crippen molar-refractivity contribution >= 4 is 23.2 Å². The van der Waals surface area contributed by atoms with Gasteiger partial charge in [-0.05, 0) is 25.0 Å². The first-order valence-electron chi connectivity index (χ1n) is 5.37. The molecule has 1 aromatic rings. The van der Waals surface area contributed by atoms with Gasteiger partial charge in [0.25, 0.3) is 0 Å². The van der Waals surface area contributed by atoms with E-state index in [2.05, 4.69) is 5.32 Å². The van der Waals surface area contributed by atoms with E-state index in [9.17, 15) is 4.79 Å². The van der Waals surface area contributed by atoms with Gasteiger partial charge in [-0.15, -0.1) is 0 Å². The Hall–Kier alpha value is -1.06. The molecule has 0 saturated heterocycles. The van der Waals surface area contributed by atoms with Crippen LogP contribution in [0.3, 0.4) is 0 Å². The fraction of sp³-hybridized carbons (Fsp3) is 0.417. The van der Waals surface area contributed by atoms with Crippen molar-refractivity contribution in [1.82, 2.24) is 0 Å². The molecule has 4 heteroatoms. The lowest BCUT2D eigenvalue weighted by molar-refractivity contribution is -0.117. The van der Waals surface area contributed by atoms with Gasteiger partial charge in [0, 0.05) is 0 Å². The number of anilines is 1. The second-order valence-corrected chi connectivity index (χ2v) is 4.22. The van der Waals surface area contributed by atoms with Gasteiger partial charge in [-0.25, -0.2) is 0 Å². The highest BCUT2D eigenvalue weighted by Gasteiger charge is 2.14. The van der Waals surface area contributed by atoms with Crippen LogP contribution < -0.4 is 11.1 Å². The minimum Gasteiger partial charge on any atom is -0.323 e. The van der Waals surface area contributed by atoms with Crippen molar-refractivity contribution in [1.29, 1.82) is 0 Å². The summed E-state index contributed by atoms with van der Waals surface area (Å²) in [7, 11) is 0. The lowest BCUT2D eigenvalue weighted by Gasteiger charge is -2.14. The highest BCUT2D eigenvalue weighted by molar-refractivity contribution is 6.34. The van der Waals surface area contributed by atoms with Crippen molar-refractivity contribution in [3.05, 3.63) is 28.8 Å². The van der Waals surface area contributed by atoms with Gasteiger partial charge in [-0.2, -0.15) is 0 Å². The lowest BCUT2D eigenvalue weighted by atomic mass is 10.1. The summed E-state index contributed by atoms with van der Waals surface area (Å²) in [5, 5.41) is 3.31. The van der Waals surface area contributed by atoms with E-state index in [1.165, 1.54) is 0 Å². The van der Waals surface area contributed by atoms with Crippen molar-refractivity contribution in [2.75, 3.05) is 5.32 Å². The summed E-state index contributed by atoms with van der Waals surface area (Å²) in [6.07, 6.45) is 1.56. The van der Waals surface area contributed by atoms with Crippen molar-refractivity contribution in [2.24, 2.45) is 5.73 Å². The van der Waals surface area contributed by atoms with Gasteiger partial charge >= 0.3 is 0 Å². The molecule has 0 aromatic heterocycles. The Morgan fingerprint density at radius 3 is 2.81 bits per heavy atom. The zero-order valence-electron chi connectivity index (χ0n) is 9.59. The molecule has 0 bridgehead atoms. The van der Waals surface area contributed by atoms with Gasteiger partial charge in [0.1, 0.15) is 0 Å². The Morgan fingerprint density at radius 2 is 2.25 bits per heavy atom. The van der Waals surface area contributed by atoms with E-state index >= 15 is 0 Å². The summed E-state index contributed by atoms with van der Waals surface area (Å²) in [6.45, 7) is 3.89. The third kappa shape index (κ3) is 3.22. The first-order chi connectivity index (χ1) is 7.56. The molecular formula is C12H17ClN2O. The zero-order chi connectivity index (χ0) is 12.1. The molecule has 3 N–H and O–H groups in total. The number of carbonyl (C=O) groups is 1. The summed E-state index contributed by atoms with van der Waals surface area (Å²) < 4.78 is 0. The average Bonchev–Trinajstić information content (AvgIpc) is 2.23. The Morgan fingerprint density at radius 1 is 1.56 bits per heavy atom. The smallest absolute Gasteiger partial charge is 0.241 e. The summed E-state index contributed by atoms with van der Waals surface area (Å²) in [5.41, 5.74) is 7.31. The van der Waals surface area contributed by atoms with E-state index in [-0.39, 0.29) is 5.91 Å². The van der Waals surface area contributed by atoms with Crippen LogP contribution >= 0.6 is 11.6 Å². The molecule has 0 radical (unpaired) electrons. The third-order valence-corrected chi connectivity index (χ3v) is 2.72. The minimum atomic E-state index is -0.472. The Bertz CT molecular complexity index is 359. The largest absolute Gasteiger partial charge is 0.323 e. The normalized spacial score (nSPS) is 12.2. The number of halogens is 1. The fourth-order valence-corrected chi connectivity index (χ4v) is 1.72. The number of para-hydroxylation sites is 1. The summed E-state index contributed by atoms with van der Waals surface area (Å²) in [6, 6.07) is 5.02. The van der Waals surface area contributed by atoms with Gasteiger partial charge in [-0.3, -0.25) is 4.79 Å². The second kappa shape index (κ2) is 5.87. The van der Waals surface area contributed by atoms with Crippen LogP contribution in [0.25, 0.3) is 0 Å². The first-order valence-corrected chi connectivity index (χ1v) is 5.75. The monoisotopic (exact) mass is 240 g/mol. The van der Waals surface area contributed by atoms with Crippen molar-refractivity contribution < 1.29 is 4.79 Å². The van der Waals surface area contributed by atoms with E-state index in [4.69, 9.17) is 17.3 Å². The summed E-state index contributed by atoms with van der Waals surface area (Å²) in [5.74, 6) is -0.182. The predicted molar refractivity (Wildman–Crippen MR) is 67.7 cm³/mol. The molecule has 0 heterocycles. The molecule has 3 nitrogen and oxygen atoms in total. The quantitative estimate of drug-likeness (QED) is 0.850. The standard InChI is InChI=1S/C12H17ClN2O/c1-3-5-10(14)12(16)15-11-8(2)6-4-7-9(11)13/h4,6-7,10H,3,5,14H2,1-2H3,(H,15,16). The van der Waals surface area contributed by atoms with E-state index in [1.807, 2.05) is 26.0 Å². The maximum Gasteiger partial charge on any atom is 0.241 e. The average molecular weight is 241 g/mol. The molecule has 16 heavy (non-hydrogen) atoms. The van der Waals surface area contributed by atoms with Crippen LogP contribution in [0.4, 0.5) is 5.69 Å². The maximum absolute atomic E-state index is 11.7. The van der Waals surface area contributed by atoms with Gasteiger partial charge in [-0.1, -0.05) is 37.1 Å². The molecule has 1 aromatic carbocycles. The van der Waals surface area contributed by atoms with Gasteiger partial charge < -0.3 is 11.1 Å². The molecule has 0 aliphatic heterocycles. The SMILES string of the molecule is CCCC(N)C(=O)Nc1c(C)cccc1Cl. The number of nitrogens with one attached hydrogen (secondary N) is 1. The van der Waals surface area contributed by atoms with Crippen LogP contribution in [0.2, 0.25) is 5.02 Å². The molecule has 88 valence electrons. The molecule has 1 unspecified atom stereocenters. The van der Waals surface area contributed by atoms with E-state index in [1.54, 1.807) is 6.07 Å². The predicted octanol–water partition coefficient (Wildman–Crippen LogP) is 2.71. The molecule has 0 aliphatic carbocycles. The summed E-state index contributed by atoms with van der Waals surface area (Å²) >= 11 is 6.00. The van der Waals surface area contributed by atoms with Crippen LogP contribution in [0.5, 0.6) is 0 Å². The Balaban J connectivity index is 2.77. The first kappa shape index (κ1) is 13.0. The van der Waals surface area contributed by atoms with Crippen molar-refractivity contribution in [3.63, 3.8) is 0 Å². The van der Waals surface area contributed by atoms with Gasteiger partial charge in [0.15, 0.2) is 0 Å². The van der Waals surface area contributed by atoms with Crippen molar-refractivity contribution in [2.45, 2.75) is 32.7 Å². The van der Waals surface area contributed by atoms with Crippen LogP contribution in [-0.4, -0.2) is 11.9 Å². The minimum absolute atomic E-state index is 0.182. The second-order valence-electron chi connectivity index (χ2n) is 3.82. The molecule has 0 saturated carbocycles. The van der Waals surface area contributed by atoms with E-state index in [0.717, 1.165) is 12.0 Å². The number of hydrogen-bond acceptors (Lipinski definition) is 2. The van der Waals surface area contributed by atoms with Crippen LogP contribution in [0.15, 0.2) is 18.2 Å². The number of aryl methyl sites for hydroxylation is 1. The van der Waals surface area contributed by atoms with Gasteiger partial charge in [0.2, 0.25) is 5.91 Å². The molecule has 1 rings (SSSR count). The number of nitrogens with two attached hydrogens (primary N) is 1. The van der Waals surface area contributed by atoms with Crippen LogP contribution in [0.1, 0.15) is 25.3 Å². The molecule has 0 spiro atoms. The molecular weight excluding hydrogens is 224 g/mol. The molecule has 1 atom stereocenters. The zero-order valence-corrected chi connectivity index (χ0v) is 10.3. The summed E-state index contributed by atoms with van der Waals surface area (Å²) in [4.78, 5) is 11.7. The number of carbonyl (C=O) groups excluding carboxylic acids is 1. The highest BCUT2D eigenvalue weighted by Crippen LogP contribution is 2.25. The van der Waals surface area contributed by atoms with Crippen molar-refractivity contribution in [3.8, 4) is 0 Å². The van der Waals surface area contributed by atoms with E-state index in [0.29, 0.717) is 17.1 Å². The fourth-order valence-electron chi connectivity index (χ4n) is 1.45. The molecule has 1 amide bonds. The lowest BCUT2D eigenvalue weighted by Crippen LogP contribution is -2.35. The molecule has 0 fully saturated rings. The Kier molecular flexibility index (Phi) is 4.77. The van der Waals surface area contributed by atoms with Crippen LogP contribution in [0, 0.1) is 6.92 Å². The maximum atomic E-state index is 11.7. The number of hydrogen-bond donors (Lipinski definition) is 2. The topological polar surface area (TPSA) is 55.1 Å². The van der Waals surface area contributed by atoms with E-state index < -0.39 is 6.04 Å². The molecule has 0 aliphatic rings.